The Labute approximate surface area is 712 Å². The molecule has 0 aliphatic carbocycles. The third-order valence-electron chi connectivity index (χ3n) is 21.6. The fourth-order valence-corrected chi connectivity index (χ4v) is 13.5. The summed E-state index contributed by atoms with van der Waals surface area (Å²) in [5, 5.41) is 48.3. The number of likely N-dealkylation sites (tertiary alicyclic amines) is 3. The molecule has 0 radical (unpaired) electrons. The van der Waals surface area contributed by atoms with Crippen molar-refractivity contribution in [2.45, 2.75) is 380 Å². The van der Waals surface area contributed by atoms with E-state index in [0.717, 1.165) is 19.3 Å². The lowest BCUT2D eigenvalue weighted by molar-refractivity contribution is -0.148. The average Bonchev–Trinajstić information content (AvgIpc) is 1.72. The quantitative estimate of drug-likeness (QED) is 0.0375. The van der Waals surface area contributed by atoms with E-state index in [-0.39, 0.29) is 70.7 Å². The van der Waals surface area contributed by atoms with Crippen LogP contribution in [0.4, 0.5) is 0 Å². The summed E-state index contributed by atoms with van der Waals surface area (Å²) < 4.78 is 0. The SMILES string of the molecule is CCCCCCCCCCCC(=O)NC(C)(C)C(=O)N1CCC[C@H]1C(=O)NC(C)(C)C(=O)NC(C)(C)C(=O)N1CCC[C@H]1C(=O)NC(C)(C)C(=O)NC(C)(C)C(=O)N1CCC[C@H]1C(=O)N[C@@H](C)C(=O)NC(C)(C)C(=O)NCCC(=O)N[C@@H](C)C(=O)NC(C)(C)C(=O)NC(C)(C)C(=O)NCCC(=O)NC(C)(C)C(=O)NC(C)(C)C(=O)NC(C)(C)C(=O)O. The summed E-state index contributed by atoms with van der Waals surface area (Å²) in [5.41, 5.74) is -17.7. The Morgan fingerprint density at radius 3 is 0.934 bits per heavy atom. The molecule has 3 aliphatic heterocycles. The summed E-state index contributed by atoms with van der Waals surface area (Å²) >= 11 is 0. The van der Waals surface area contributed by atoms with E-state index in [1.807, 2.05) is 0 Å². The first-order chi connectivity index (χ1) is 55.3. The van der Waals surface area contributed by atoms with Crippen LogP contribution in [0.1, 0.15) is 289 Å². The number of unbranched alkanes of at least 4 members (excludes halogenated alkanes) is 8. The Balaban J connectivity index is 1.48. The Hall–Kier alpha value is -10.1. The average molecular weight is 1710 g/mol. The van der Waals surface area contributed by atoms with Gasteiger partial charge in [0.1, 0.15) is 91.1 Å². The van der Waals surface area contributed by atoms with Gasteiger partial charge in [-0.15, -0.1) is 0 Å². The van der Waals surface area contributed by atoms with Gasteiger partial charge in [-0.1, -0.05) is 58.3 Å². The van der Waals surface area contributed by atoms with Crippen LogP contribution in [0.2, 0.25) is 0 Å². The van der Waals surface area contributed by atoms with Crippen LogP contribution in [0.15, 0.2) is 0 Å². The summed E-state index contributed by atoms with van der Waals surface area (Å²) in [4.78, 5) is 261. The predicted octanol–water partition coefficient (Wildman–Crippen LogP) is 0.830. The van der Waals surface area contributed by atoms with E-state index >= 15 is 0 Å². The Bertz CT molecular complexity index is 3860. The molecule has 0 spiro atoms. The Kier molecular flexibility index (Phi) is 37.0. The second-order valence-corrected chi connectivity index (χ2v) is 38.1. The van der Waals surface area contributed by atoms with Crippen LogP contribution in [0.3, 0.4) is 0 Å². The van der Waals surface area contributed by atoms with Crippen LogP contribution in [-0.2, 0) is 91.1 Å². The first kappa shape index (κ1) is 105. The van der Waals surface area contributed by atoms with E-state index in [4.69, 9.17) is 0 Å². The van der Waals surface area contributed by atoms with Crippen molar-refractivity contribution < 1.29 is 96.2 Å². The highest BCUT2D eigenvalue weighted by Crippen LogP contribution is 2.28. The van der Waals surface area contributed by atoms with Gasteiger partial charge in [0, 0.05) is 52.0 Å². The molecule has 3 saturated heterocycles. The molecule has 3 fully saturated rings. The maximum atomic E-state index is 14.4. The zero-order valence-electron chi connectivity index (χ0n) is 76.2. The molecular weight excluding hydrogens is 1570 g/mol. The highest BCUT2D eigenvalue weighted by molar-refractivity contribution is 6.04. The van der Waals surface area contributed by atoms with Crippen molar-refractivity contribution in [2.24, 2.45) is 0 Å². The number of hydrogen-bond donors (Lipinski definition) is 16. The predicted molar refractivity (Wildman–Crippen MR) is 449 cm³/mol. The molecule has 0 aromatic rings. The fraction of sp³-hybridized carbons (Fsp3) is 0.771. The third kappa shape index (κ3) is 30.8. The lowest BCUT2D eigenvalue weighted by Crippen LogP contribution is -2.67. The number of carbonyl (C=O) groups is 19. The number of hydrogen-bond acceptors (Lipinski definition) is 19. The lowest BCUT2D eigenvalue weighted by Gasteiger charge is -2.38. The second-order valence-electron chi connectivity index (χ2n) is 38.1. The molecule has 3 heterocycles. The maximum absolute atomic E-state index is 14.4. The van der Waals surface area contributed by atoms with E-state index in [2.05, 4.69) is 86.7 Å². The topological polar surface area (TPSA) is 535 Å². The molecular formula is C83H142N18O20. The zero-order chi connectivity index (χ0) is 93.0. The normalized spacial score (nSPS) is 16.8. The first-order valence-electron chi connectivity index (χ1n) is 42.1. The number of rotatable bonds is 45. The van der Waals surface area contributed by atoms with Crippen LogP contribution in [0.5, 0.6) is 0 Å². The molecule has 5 atom stereocenters. The minimum atomic E-state index is -1.70. The number of carboxylic acid groups (broad SMARTS) is 1. The standard InChI is InChI=1S/C83H142N18O20/c1-26-27-28-29-30-31-32-33-34-41-55(103)89-80(18,19)69(117)100-47-36-39-52(100)60(108)92-78(14,15)67(115)97-82(22,23)71(119)101-48-37-40-53(101)61(109)93-77(12,13)66(114)96-81(20,21)70(118)99-46-35-38-51(99)59(107)87-50(3)58(106)90-73(4,5)62(110)84-44-42-54(102)86-49(2)57(105)91-76(10,11)65(113)94-74(6,7)63(111)85-45-43-56(104)88-75(8,9)64(112)95-79(16,17)68(116)98-83(24,25)72(120)121/h49-53H,26-48H2,1-25H3,(H,84,110)(H,85,111)(H,86,102)(H,87,107)(H,88,104)(H,89,103)(H,90,106)(H,91,105)(H,92,108)(H,93,109)(H,94,113)(H,95,112)(H,96,114)(H,97,115)(H,98,116)(H,120,121)/t49-,50-,51-,52-,53-/m0/s1. The van der Waals surface area contributed by atoms with Crippen LogP contribution in [0.25, 0.3) is 0 Å². The van der Waals surface area contributed by atoms with Gasteiger partial charge in [0.25, 0.3) is 0 Å². The smallest absolute Gasteiger partial charge is 0.328 e. The van der Waals surface area contributed by atoms with Crippen molar-refractivity contribution in [1.82, 2.24) is 94.5 Å². The van der Waals surface area contributed by atoms with E-state index in [1.54, 1.807) is 13.8 Å². The highest BCUT2D eigenvalue weighted by Gasteiger charge is 2.50. The molecule has 38 heteroatoms. The minimum absolute atomic E-state index is 0.0973. The second kappa shape index (κ2) is 42.6. The monoisotopic (exact) mass is 1710 g/mol. The van der Waals surface area contributed by atoms with Gasteiger partial charge in [0.05, 0.1) is 0 Å². The van der Waals surface area contributed by atoms with Gasteiger partial charge in [-0.25, -0.2) is 4.79 Å². The molecule has 16 N–H and O–H groups in total. The number of nitrogens with zero attached hydrogens (tertiary/aromatic N) is 3. The van der Waals surface area contributed by atoms with E-state index in [1.165, 1.54) is 199 Å². The van der Waals surface area contributed by atoms with Gasteiger partial charge in [0.2, 0.25) is 106 Å². The summed E-state index contributed by atoms with van der Waals surface area (Å²) in [6.45, 7) is 35.7. The largest absolute Gasteiger partial charge is 0.480 e. The molecule has 684 valence electrons. The lowest BCUT2D eigenvalue weighted by atomic mass is 9.96. The molecule has 3 aliphatic rings. The summed E-state index contributed by atoms with van der Waals surface area (Å²) in [6.07, 6.45) is 11.4. The van der Waals surface area contributed by atoms with Crippen molar-refractivity contribution in [1.29, 1.82) is 0 Å². The van der Waals surface area contributed by atoms with Crippen LogP contribution in [-0.4, -0.2) is 256 Å². The molecule has 38 nitrogen and oxygen atoms in total. The molecule has 0 aromatic heterocycles. The molecule has 3 rings (SSSR count). The molecule has 0 saturated carbocycles. The molecule has 0 aromatic carbocycles. The number of carboxylic acids is 1. The first-order valence-corrected chi connectivity index (χ1v) is 42.1. The fourth-order valence-electron chi connectivity index (χ4n) is 13.5. The van der Waals surface area contributed by atoms with Gasteiger partial charge >= 0.3 is 5.97 Å². The number of amides is 18. The van der Waals surface area contributed by atoms with E-state index in [0.29, 0.717) is 32.1 Å². The molecule has 18 amide bonds. The van der Waals surface area contributed by atoms with E-state index in [9.17, 15) is 96.2 Å². The Morgan fingerprint density at radius 1 is 0.298 bits per heavy atom. The van der Waals surface area contributed by atoms with Crippen molar-refractivity contribution in [2.75, 3.05) is 32.7 Å². The number of aliphatic carboxylic acids is 1. The number of carbonyl (C=O) groups excluding carboxylic acids is 18. The van der Waals surface area contributed by atoms with Crippen molar-refractivity contribution in [3.8, 4) is 0 Å². The summed E-state index contributed by atoms with van der Waals surface area (Å²) in [7, 11) is 0. The third-order valence-corrected chi connectivity index (χ3v) is 21.6. The van der Waals surface area contributed by atoms with Crippen molar-refractivity contribution >= 4 is 112 Å². The van der Waals surface area contributed by atoms with Crippen LogP contribution < -0.4 is 79.8 Å². The summed E-state index contributed by atoms with van der Waals surface area (Å²) in [6, 6.07) is -5.61. The van der Waals surface area contributed by atoms with Crippen LogP contribution >= 0.6 is 0 Å². The summed E-state index contributed by atoms with van der Waals surface area (Å²) in [5.74, 6) is -13.6. The highest BCUT2D eigenvalue weighted by atomic mass is 16.4. The Morgan fingerprint density at radius 2 is 0.562 bits per heavy atom. The van der Waals surface area contributed by atoms with Gasteiger partial charge in [-0.3, -0.25) is 86.3 Å². The van der Waals surface area contributed by atoms with Gasteiger partial charge in [0.15, 0.2) is 0 Å². The van der Waals surface area contributed by atoms with Crippen LogP contribution in [0, 0.1) is 0 Å². The van der Waals surface area contributed by atoms with Crippen molar-refractivity contribution in [3.05, 3.63) is 0 Å². The number of nitrogens with one attached hydrogen (secondary N) is 15. The zero-order valence-corrected chi connectivity index (χ0v) is 76.2. The molecule has 0 unspecified atom stereocenters. The van der Waals surface area contributed by atoms with Gasteiger partial charge in [-0.2, -0.15) is 0 Å². The van der Waals surface area contributed by atoms with Gasteiger partial charge < -0.3 is 99.6 Å². The van der Waals surface area contributed by atoms with E-state index < -0.39 is 198 Å². The minimum Gasteiger partial charge on any atom is -0.480 e. The molecule has 0 bridgehead atoms. The van der Waals surface area contributed by atoms with Gasteiger partial charge in [-0.05, 0) is 211 Å². The maximum Gasteiger partial charge on any atom is 0.328 e. The molecule has 121 heavy (non-hydrogen) atoms. The van der Waals surface area contributed by atoms with Crippen molar-refractivity contribution in [3.63, 3.8) is 0 Å².